The molecule has 2 aliphatic rings. The Morgan fingerprint density at radius 3 is 2.51 bits per heavy atom. The molecule has 0 spiro atoms. The third kappa shape index (κ3) is 4.38. The Bertz CT molecular complexity index is 1330. The number of ether oxygens (including phenoxy) is 1. The van der Waals surface area contributed by atoms with Crippen LogP contribution in [0.2, 0.25) is 0 Å². The molecule has 7 nitrogen and oxygen atoms in total. The molecule has 2 atom stereocenters. The minimum Gasteiger partial charge on any atom is -0.366 e. The number of halogens is 3. The van der Waals surface area contributed by atoms with Crippen molar-refractivity contribution in [2.24, 2.45) is 0 Å². The van der Waals surface area contributed by atoms with Crippen LogP contribution in [0.4, 0.5) is 13.2 Å². The number of aryl methyl sites for hydroxylation is 1. The topological polar surface area (TPSA) is 69.4 Å². The van der Waals surface area contributed by atoms with E-state index in [4.69, 9.17) is 4.74 Å². The van der Waals surface area contributed by atoms with E-state index in [1.54, 1.807) is 34.1 Å². The third-order valence-corrected chi connectivity index (χ3v) is 6.74. The van der Waals surface area contributed by atoms with Crippen molar-refractivity contribution in [2.75, 3.05) is 13.1 Å². The second-order valence-electron chi connectivity index (χ2n) is 9.42. The Morgan fingerprint density at radius 2 is 1.86 bits per heavy atom. The summed E-state index contributed by atoms with van der Waals surface area (Å²) in [5.74, 6) is -0.246. The number of alkyl halides is 3. The quantitative estimate of drug-likeness (QED) is 0.556. The highest BCUT2D eigenvalue weighted by atomic mass is 19.4. The van der Waals surface area contributed by atoms with E-state index >= 15 is 0 Å². The maximum Gasteiger partial charge on any atom is 0.416 e. The van der Waals surface area contributed by atoms with Crippen molar-refractivity contribution in [2.45, 2.75) is 51.1 Å². The van der Waals surface area contributed by atoms with Crippen LogP contribution in [0.1, 0.15) is 53.2 Å². The number of fused-ring (bicyclic) bond motifs is 1. The summed E-state index contributed by atoms with van der Waals surface area (Å²) in [6.07, 6.45) is -0.0809. The highest BCUT2D eigenvalue weighted by Crippen LogP contribution is 2.41. The van der Waals surface area contributed by atoms with Gasteiger partial charge in [-0.15, -0.1) is 0 Å². The van der Waals surface area contributed by atoms with Gasteiger partial charge in [-0.3, -0.25) is 9.59 Å². The minimum atomic E-state index is -4.38. The van der Waals surface area contributed by atoms with E-state index in [9.17, 15) is 22.8 Å². The minimum absolute atomic E-state index is 0.246. The smallest absolute Gasteiger partial charge is 0.366 e. The van der Waals surface area contributed by atoms with E-state index in [2.05, 4.69) is 4.98 Å². The van der Waals surface area contributed by atoms with Crippen LogP contribution in [0.5, 0.6) is 0 Å². The molecule has 10 heteroatoms. The molecule has 35 heavy (non-hydrogen) atoms. The molecule has 2 unspecified atom stereocenters. The maximum absolute atomic E-state index is 13.2. The molecular formula is C25H25F3N4O3. The summed E-state index contributed by atoms with van der Waals surface area (Å²) in [5.41, 5.74) is 0.642. The van der Waals surface area contributed by atoms with Crippen molar-refractivity contribution in [1.29, 1.82) is 0 Å². The van der Waals surface area contributed by atoms with Crippen LogP contribution in [0.25, 0.3) is 5.69 Å². The number of imidazole rings is 1. The highest BCUT2D eigenvalue weighted by Gasteiger charge is 2.40. The van der Waals surface area contributed by atoms with Crippen LogP contribution in [-0.4, -0.2) is 43.6 Å². The average Bonchev–Trinajstić information content (AvgIpc) is 3.41. The van der Waals surface area contributed by atoms with E-state index < -0.39 is 17.3 Å². The van der Waals surface area contributed by atoms with Crippen molar-refractivity contribution in [3.8, 4) is 5.69 Å². The van der Waals surface area contributed by atoms with Crippen LogP contribution < -0.4 is 5.56 Å². The summed E-state index contributed by atoms with van der Waals surface area (Å²) in [6.45, 7) is 4.81. The first-order valence-corrected chi connectivity index (χ1v) is 11.4. The second kappa shape index (κ2) is 8.37. The Labute approximate surface area is 199 Å². The lowest BCUT2D eigenvalue weighted by Gasteiger charge is -2.36. The number of hydrogen-bond acceptors (Lipinski definition) is 4. The van der Waals surface area contributed by atoms with Gasteiger partial charge < -0.3 is 18.8 Å². The molecule has 2 aromatic heterocycles. The zero-order valence-corrected chi connectivity index (χ0v) is 19.4. The number of pyridine rings is 1. The molecule has 1 amide bonds. The molecule has 4 heterocycles. The molecule has 3 aromatic rings. The van der Waals surface area contributed by atoms with Gasteiger partial charge in [-0.05, 0) is 56.5 Å². The largest absolute Gasteiger partial charge is 0.416 e. The van der Waals surface area contributed by atoms with Crippen LogP contribution in [0.3, 0.4) is 0 Å². The first kappa shape index (κ1) is 23.3. The van der Waals surface area contributed by atoms with E-state index in [1.807, 2.05) is 13.8 Å². The Kier molecular flexibility index (Phi) is 5.58. The van der Waals surface area contributed by atoms with E-state index in [1.165, 1.54) is 16.7 Å². The number of nitrogens with zero attached hydrogens (tertiary/aromatic N) is 4. The predicted octanol–water partition coefficient (Wildman–Crippen LogP) is 4.13. The number of carbonyl (C=O) groups excluding carboxylic acids is 1. The molecule has 0 N–H and O–H groups in total. The van der Waals surface area contributed by atoms with E-state index in [-0.39, 0.29) is 17.6 Å². The van der Waals surface area contributed by atoms with Gasteiger partial charge in [0.15, 0.2) is 0 Å². The van der Waals surface area contributed by atoms with Crippen molar-refractivity contribution >= 4 is 5.91 Å². The van der Waals surface area contributed by atoms with E-state index in [0.717, 1.165) is 17.8 Å². The lowest BCUT2D eigenvalue weighted by molar-refractivity contribution is -0.137. The summed E-state index contributed by atoms with van der Waals surface area (Å²) in [4.78, 5) is 32.1. The lowest BCUT2D eigenvalue weighted by Crippen LogP contribution is -2.50. The van der Waals surface area contributed by atoms with Crippen molar-refractivity contribution < 1.29 is 22.7 Å². The Hall–Kier alpha value is -3.40. The van der Waals surface area contributed by atoms with Crippen LogP contribution in [-0.2, 0) is 17.5 Å². The third-order valence-electron chi connectivity index (χ3n) is 6.74. The molecule has 0 radical (unpaired) electrons. The van der Waals surface area contributed by atoms with Crippen LogP contribution in [0, 0.1) is 6.92 Å². The number of amides is 1. The number of benzene rings is 1. The molecule has 0 bridgehead atoms. The molecule has 5 rings (SSSR count). The SMILES string of the molecule is Cc1cn(-c2ccc3n(c2=O)CCN(CC2(C)CCC(c4ccc(C(F)(F)F)cc4)O2)C3=O)cn1. The van der Waals surface area contributed by atoms with Crippen LogP contribution >= 0.6 is 0 Å². The molecule has 1 saturated heterocycles. The summed E-state index contributed by atoms with van der Waals surface area (Å²) in [7, 11) is 0. The highest BCUT2D eigenvalue weighted by molar-refractivity contribution is 5.93. The fourth-order valence-corrected chi connectivity index (χ4v) is 4.90. The molecule has 1 fully saturated rings. The second-order valence-corrected chi connectivity index (χ2v) is 9.42. The van der Waals surface area contributed by atoms with Gasteiger partial charge >= 0.3 is 6.18 Å². The molecule has 1 aromatic carbocycles. The van der Waals surface area contributed by atoms with Crippen LogP contribution in [0.15, 0.2) is 53.7 Å². The van der Waals surface area contributed by atoms with Gasteiger partial charge in [-0.1, -0.05) is 12.1 Å². The Balaban J connectivity index is 1.30. The fourth-order valence-electron chi connectivity index (χ4n) is 4.90. The predicted molar refractivity (Wildman–Crippen MR) is 121 cm³/mol. The monoisotopic (exact) mass is 486 g/mol. The first-order valence-electron chi connectivity index (χ1n) is 11.4. The molecular weight excluding hydrogens is 461 g/mol. The Morgan fingerprint density at radius 1 is 1.11 bits per heavy atom. The average molecular weight is 486 g/mol. The fraction of sp³-hybridized carbons (Fsp3) is 0.400. The van der Waals surface area contributed by atoms with E-state index in [0.29, 0.717) is 49.4 Å². The number of hydrogen-bond donors (Lipinski definition) is 0. The van der Waals surface area contributed by atoms with Gasteiger partial charge in [0.25, 0.3) is 11.5 Å². The molecule has 0 saturated carbocycles. The van der Waals surface area contributed by atoms with Crippen molar-refractivity contribution in [3.63, 3.8) is 0 Å². The maximum atomic E-state index is 13.2. The van der Waals surface area contributed by atoms with Crippen molar-refractivity contribution in [1.82, 2.24) is 19.0 Å². The van der Waals surface area contributed by atoms with Gasteiger partial charge in [-0.25, -0.2) is 4.98 Å². The van der Waals surface area contributed by atoms with Gasteiger partial charge in [0.1, 0.15) is 11.4 Å². The van der Waals surface area contributed by atoms with Gasteiger partial charge in [-0.2, -0.15) is 13.2 Å². The summed E-state index contributed by atoms with van der Waals surface area (Å²) in [6, 6.07) is 8.32. The lowest BCUT2D eigenvalue weighted by atomic mass is 9.99. The number of aromatic nitrogens is 3. The molecule has 2 aliphatic heterocycles. The summed E-state index contributed by atoms with van der Waals surface area (Å²) < 4.78 is 48.0. The van der Waals surface area contributed by atoms with Crippen molar-refractivity contribution in [3.05, 3.63) is 81.8 Å². The molecule has 184 valence electrons. The number of rotatable bonds is 4. The summed E-state index contributed by atoms with van der Waals surface area (Å²) in [5, 5.41) is 0. The normalized spacial score (nSPS) is 22.5. The van der Waals surface area contributed by atoms with Gasteiger partial charge in [0, 0.05) is 25.8 Å². The zero-order valence-electron chi connectivity index (χ0n) is 19.4. The van der Waals surface area contributed by atoms with Gasteiger partial charge in [0.05, 0.1) is 29.3 Å². The van der Waals surface area contributed by atoms with Gasteiger partial charge in [0.2, 0.25) is 0 Å². The summed E-state index contributed by atoms with van der Waals surface area (Å²) >= 11 is 0. The zero-order chi connectivity index (χ0) is 25.0. The number of carbonyl (C=O) groups is 1. The molecule has 0 aliphatic carbocycles. The first-order chi connectivity index (χ1) is 16.5. The standard InChI is InChI=1S/C25H25F3N4O3/c1-16-13-31(15-29-16)19-7-8-20-22(33)30(11-12-32(20)23(19)34)14-24(2)10-9-21(35-24)17-3-5-18(6-4-17)25(26,27)28/h3-8,13,15,21H,9-12,14H2,1-2H3.